The highest BCUT2D eigenvalue weighted by atomic mass is 16.5. The molecule has 0 unspecified atom stereocenters. The van der Waals surface area contributed by atoms with E-state index in [0.29, 0.717) is 6.61 Å². The molecular weight excluding hydrogens is 236 g/mol. The maximum Gasteiger partial charge on any atom is 0.334 e. The van der Waals surface area contributed by atoms with Gasteiger partial charge in [-0.05, 0) is 25.7 Å². The lowest BCUT2D eigenvalue weighted by Gasteiger charge is -2.09. The van der Waals surface area contributed by atoms with Crippen molar-refractivity contribution in [1.82, 2.24) is 0 Å². The number of allylic oxidation sites excluding steroid dienone is 1. The highest BCUT2D eigenvalue weighted by molar-refractivity contribution is 5.91. The fourth-order valence-electron chi connectivity index (χ4n) is 2.69. The van der Waals surface area contributed by atoms with Crippen molar-refractivity contribution < 1.29 is 9.53 Å². The van der Waals surface area contributed by atoms with Gasteiger partial charge in [-0.25, -0.2) is 4.79 Å². The maximum absolute atomic E-state index is 11.7. The van der Waals surface area contributed by atoms with Crippen LogP contribution in [0, 0.1) is 0 Å². The Morgan fingerprint density at radius 1 is 0.947 bits per heavy atom. The highest BCUT2D eigenvalue weighted by Gasteiger charge is 2.22. The monoisotopic (exact) mass is 266 g/mol. The first-order valence-corrected chi connectivity index (χ1v) is 8.17. The molecule has 0 amide bonds. The summed E-state index contributed by atoms with van der Waals surface area (Å²) in [7, 11) is 0. The van der Waals surface area contributed by atoms with E-state index in [1.165, 1.54) is 56.9 Å². The Kier molecular flexibility index (Phi) is 8.61. The second-order valence-electron chi connectivity index (χ2n) is 5.59. The zero-order valence-electron chi connectivity index (χ0n) is 12.8. The van der Waals surface area contributed by atoms with E-state index in [-0.39, 0.29) is 5.97 Å². The minimum absolute atomic E-state index is 0.0444. The molecule has 0 radical (unpaired) electrons. The Hall–Kier alpha value is -0.790. The normalized spacial score (nSPS) is 17.7. The summed E-state index contributed by atoms with van der Waals surface area (Å²) in [4.78, 5) is 11.7. The summed E-state index contributed by atoms with van der Waals surface area (Å²) in [5.74, 6) is -0.0444. The topological polar surface area (TPSA) is 26.3 Å². The Labute approximate surface area is 118 Å². The van der Waals surface area contributed by atoms with Crippen molar-refractivity contribution >= 4 is 5.97 Å². The van der Waals surface area contributed by atoms with Crippen molar-refractivity contribution in [3.05, 3.63) is 11.1 Å². The van der Waals surface area contributed by atoms with Crippen LogP contribution in [-0.2, 0) is 9.53 Å². The second-order valence-corrected chi connectivity index (χ2v) is 5.59. The average molecular weight is 266 g/mol. The first kappa shape index (κ1) is 16.3. The lowest BCUT2D eigenvalue weighted by molar-refractivity contribution is -0.135. The van der Waals surface area contributed by atoms with Gasteiger partial charge in [-0.1, -0.05) is 57.9 Å². The van der Waals surface area contributed by atoms with Gasteiger partial charge in [0.15, 0.2) is 0 Å². The first-order chi connectivity index (χ1) is 9.29. The van der Waals surface area contributed by atoms with Gasteiger partial charge in [0.25, 0.3) is 0 Å². The zero-order chi connectivity index (χ0) is 13.9. The maximum atomic E-state index is 11.7. The van der Waals surface area contributed by atoms with Gasteiger partial charge >= 0.3 is 5.97 Å². The van der Waals surface area contributed by atoms with Crippen LogP contribution in [0.25, 0.3) is 0 Å². The highest BCUT2D eigenvalue weighted by Crippen LogP contribution is 2.26. The molecule has 2 heteroatoms. The lowest BCUT2D eigenvalue weighted by Crippen LogP contribution is -2.00. The van der Waals surface area contributed by atoms with E-state index in [1.807, 2.05) is 0 Å². The Morgan fingerprint density at radius 3 is 2.21 bits per heavy atom. The van der Waals surface area contributed by atoms with E-state index in [1.54, 1.807) is 0 Å². The Morgan fingerprint density at radius 2 is 1.58 bits per heavy atom. The van der Waals surface area contributed by atoms with Gasteiger partial charge in [0.05, 0.1) is 6.61 Å². The van der Waals surface area contributed by atoms with Gasteiger partial charge in [0.1, 0.15) is 0 Å². The summed E-state index contributed by atoms with van der Waals surface area (Å²) in [6, 6.07) is 0. The number of cyclic esters (lactones) is 1. The molecule has 110 valence electrons. The summed E-state index contributed by atoms with van der Waals surface area (Å²) in [5, 5.41) is 0. The van der Waals surface area contributed by atoms with Gasteiger partial charge in [-0.15, -0.1) is 0 Å². The first-order valence-electron chi connectivity index (χ1n) is 8.17. The quantitative estimate of drug-likeness (QED) is 0.310. The predicted octanol–water partition coefficient (Wildman–Crippen LogP) is 5.17. The Bertz CT molecular complexity index is 292. The standard InChI is InChI=1S/C17H30O2/c1-3-5-7-8-9-10-12-15(11-6-4-2)16-13-14-19-17(16)18/h3-14H2,1-2H3/b16-15+. The van der Waals surface area contributed by atoms with Crippen LogP contribution in [0.4, 0.5) is 0 Å². The molecule has 0 N–H and O–H groups in total. The summed E-state index contributed by atoms with van der Waals surface area (Å²) >= 11 is 0. The minimum atomic E-state index is -0.0444. The third-order valence-electron chi connectivity index (χ3n) is 3.92. The second kappa shape index (κ2) is 10.1. The number of carbonyl (C=O) groups excluding carboxylic acids is 1. The van der Waals surface area contributed by atoms with E-state index in [9.17, 15) is 4.79 Å². The number of rotatable bonds is 10. The molecule has 19 heavy (non-hydrogen) atoms. The molecule has 2 nitrogen and oxygen atoms in total. The van der Waals surface area contributed by atoms with E-state index >= 15 is 0 Å². The van der Waals surface area contributed by atoms with Crippen LogP contribution in [0.3, 0.4) is 0 Å². The fraction of sp³-hybridized carbons (Fsp3) is 0.824. The molecule has 0 aromatic heterocycles. The molecule has 1 rings (SSSR count). The SMILES string of the molecule is CCCCCCCC/C(CCCC)=C1\CCOC1=O. The van der Waals surface area contributed by atoms with Crippen molar-refractivity contribution in [2.45, 2.75) is 84.5 Å². The van der Waals surface area contributed by atoms with Crippen LogP contribution >= 0.6 is 0 Å². The molecular formula is C17H30O2. The molecule has 1 heterocycles. The van der Waals surface area contributed by atoms with Crippen LogP contribution in [0.5, 0.6) is 0 Å². The van der Waals surface area contributed by atoms with Gasteiger partial charge in [0.2, 0.25) is 0 Å². The van der Waals surface area contributed by atoms with Crippen molar-refractivity contribution in [3.8, 4) is 0 Å². The third kappa shape index (κ3) is 6.26. The van der Waals surface area contributed by atoms with Gasteiger partial charge < -0.3 is 4.74 Å². The van der Waals surface area contributed by atoms with E-state index < -0.39 is 0 Å². The number of ether oxygens (including phenoxy) is 1. The Balaban J connectivity index is 2.36. The largest absolute Gasteiger partial charge is 0.462 e. The van der Waals surface area contributed by atoms with Crippen molar-refractivity contribution in [1.29, 1.82) is 0 Å². The smallest absolute Gasteiger partial charge is 0.334 e. The number of unbranched alkanes of at least 4 members (excludes halogenated alkanes) is 6. The van der Waals surface area contributed by atoms with Crippen molar-refractivity contribution in [3.63, 3.8) is 0 Å². The van der Waals surface area contributed by atoms with Crippen molar-refractivity contribution in [2.75, 3.05) is 6.61 Å². The summed E-state index contributed by atoms with van der Waals surface area (Å²) < 4.78 is 5.09. The third-order valence-corrected chi connectivity index (χ3v) is 3.92. The molecule has 0 atom stereocenters. The number of esters is 1. The molecule has 0 spiro atoms. The molecule has 0 saturated carbocycles. The minimum Gasteiger partial charge on any atom is -0.462 e. The van der Waals surface area contributed by atoms with Crippen LogP contribution < -0.4 is 0 Å². The predicted molar refractivity (Wildman–Crippen MR) is 80.1 cm³/mol. The van der Waals surface area contributed by atoms with E-state index in [2.05, 4.69) is 13.8 Å². The van der Waals surface area contributed by atoms with Gasteiger partial charge in [0, 0.05) is 12.0 Å². The zero-order valence-corrected chi connectivity index (χ0v) is 12.8. The van der Waals surface area contributed by atoms with E-state index in [0.717, 1.165) is 24.8 Å². The van der Waals surface area contributed by atoms with Crippen LogP contribution in [0.1, 0.15) is 84.5 Å². The lowest BCUT2D eigenvalue weighted by atomic mass is 9.95. The number of hydrogen-bond acceptors (Lipinski definition) is 2. The summed E-state index contributed by atoms with van der Waals surface area (Å²) in [6.07, 6.45) is 13.3. The van der Waals surface area contributed by atoms with Crippen LogP contribution in [0.2, 0.25) is 0 Å². The average Bonchev–Trinajstić information content (AvgIpc) is 2.83. The summed E-state index contributed by atoms with van der Waals surface area (Å²) in [6.45, 7) is 5.05. The number of carbonyl (C=O) groups is 1. The summed E-state index contributed by atoms with van der Waals surface area (Å²) in [5.41, 5.74) is 2.39. The molecule has 0 aromatic rings. The molecule has 1 aliphatic rings. The fourth-order valence-corrected chi connectivity index (χ4v) is 2.69. The molecule has 1 aliphatic heterocycles. The van der Waals surface area contributed by atoms with Gasteiger partial charge in [-0.3, -0.25) is 0 Å². The molecule has 1 saturated heterocycles. The van der Waals surface area contributed by atoms with Crippen LogP contribution in [0.15, 0.2) is 11.1 Å². The molecule has 1 fully saturated rings. The van der Waals surface area contributed by atoms with E-state index in [4.69, 9.17) is 4.74 Å². The van der Waals surface area contributed by atoms with Crippen molar-refractivity contribution in [2.24, 2.45) is 0 Å². The molecule has 0 aromatic carbocycles. The molecule has 0 bridgehead atoms. The molecule has 0 aliphatic carbocycles. The van der Waals surface area contributed by atoms with Gasteiger partial charge in [-0.2, -0.15) is 0 Å². The van der Waals surface area contributed by atoms with Crippen LogP contribution in [-0.4, -0.2) is 12.6 Å². The number of hydrogen-bond donors (Lipinski definition) is 0.